The molecule has 1 heterocycles. The third kappa shape index (κ3) is 3.63. The van der Waals surface area contributed by atoms with Crippen molar-refractivity contribution >= 4 is 21.9 Å². The molecule has 0 saturated carbocycles. The van der Waals surface area contributed by atoms with Crippen LogP contribution in [0.15, 0.2) is 0 Å². The van der Waals surface area contributed by atoms with Gasteiger partial charge in [-0.05, 0) is 26.7 Å². The molecule has 0 amide bonds. The average molecular weight is 301 g/mol. The Balaban J connectivity index is 3.03. The second kappa shape index (κ2) is 6.89. The molecule has 5 heteroatoms. The molecular weight excluding hydrogens is 280 g/mol. The van der Waals surface area contributed by atoms with Crippen LogP contribution in [0.25, 0.3) is 0 Å². The van der Waals surface area contributed by atoms with E-state index in [-0.39, 0.29) is 0 Å². The molecule has 0 spiro atoms. The Bertz CT molecular complexity index is 354. The van der Waals surface area contributed by atoms with Gasteiger partial charge in [0.25, 0.3) is 0 Å². The molecule has 0 radical (unpaired) electrons. The summed E-state index contributed by atoms with van der Waals surface area (Å²) >= 11 is 3.46. The highest BCUT2D eigenvalue weighted by atomic mass is 79.9. The molecule has 0 N–H and O–H groups in total. The molecule has 96 valence electrons. The number of anilines is 1. The Morgan fingerprint density at radius 1 is 1.12 bits per heavy atom. The third-order valence-corrected chi connectivity index (χ3v) is 3.06. The lowest BCUT2D eigenvalue weighted by Crippen LogP contribution is -2.34. The molecule has 0 atom stereocenters. The number of rotatable bonds is 6. The van der Waals surface area contributed by atoms with Crippen LogP contribution in [0, 0.1) is 0 Å². The summed E-state index contributed by atoms with van der Waals surface area (Å²) in [6, 6.07) is 0.381. The Hall–Kier alpha value is -0.710. The second-order valence-electron chi connectivity index (χ2n) is 4.19. The van der Waals surface area contributed by atoms with Crippen LogP contribution in [-0.4, -0.2) is 33.1 Å². The van der Waals surface area contributed by atoms with E-state index in [0.29, 0.717) is 6.04 Å². The topological polar surface area (TPSA) is 41.9 Å². The van der Waals surface area contributed by atoms with Gasteiger partial charge in [-0.2, -0.15) is 5.10 Å². The Labute approximate surface area is 112 Å². The summed E-state index contributed by atoms with van der Waals surface area (Å²) in [6.45, 7) is 9.38. The maximum absolute atomic E-state index is 4.63. The first-order valence-electron chi connectivity index (χ1n) is 6.19. The molecule has 4 nitrogen and oxygen atoms in total. The smallest absolute Gasteiger partial charge is 0.245 e. The van der Waals surface area contributed by atoms with Gasteiger partial charge in [0, 0.05) is 17.9 Å². The normalized spacial score (nSPS) is 10.9. The van der Waals surface area contributed by atoms with E-state index in [0.717, 1.165) is 42.1 Å². The summed E-state index contributed by atoms with van der Waals surface area (Å²) in [4.78, 5) is 6.80. The highest BCUT2D eigenvalue weighted by Crippen LogP contribution is 2.13. The summed E-state index contributed by atoms with van der Waals surface area (Å²) in [7, 11) is 0. The lowest BCUT2D eigenvalue weighted by Gasteiger charge is -2.25. The summed E-state index contributed by atoms with van der Waals surface area (Å²) in [5.41, 5.74) is 2.08. The molecule has 0 unspecified atom stereocenters. The lowest BCUT2D eigenvalue weighted by atomic mass is 10.2. The van der Waals surface area contributed by atoms with Crippen LogP contribution in [0.4, 0.5) is 5.95 Å². The van der Waals surface area contributed by atoms with Gasteiger partial charge in [-0.1, -0.05) is 29.8 Å². The van der Waals surface area contributed by atoms with Crippen molar-refractivity contribution in [2.75, 3.05) is 16.8 Å². The zero-order chi connectivity index (χ0) is 12.8. The SMILES string of the molecule is CCc1nnc(N(CCBr)C(C)C)nc1CC. The molecule has 1 rings (SSSR count). The van der Waals surface area contributed by atoms with Crippen LogP contribution in [0.2, 0.25) is 0 Å². The minimum absolute atomic E-state index is 0.381. The molecule has 0 aliphatic carbocycles. The fraction of sp³-hybridized carbons (Fsp3) is 0.750. The van der Waals surface area contributed by atoms with Crippen LogP contribution in [-0.2, 0) is 12.8 Å². The molecule has 0 aromatic carbocycles. The Morgan fingerprint density at radius 3 is 2.24 bits per heavy atom. The summed E-state index contributed by atoms with van der Waals surface area (Å²) < 4.78 is 0. The first kappa shape index (κ1) is 14.4. The third-order valence-electron chi connectivity index (χ3n) is 2.70. The largest absolute Gasteiger partial charge is 0.336 e. The van der Waals surface area contributed by atoms with Crippen molar-refractivity contribution in [2.45, 2.75) is 46.6 Å². The van der Waals surface area contributed by atoms with Crippen molar-refractivity contribution in [3.05, 3.63) is 11.4 Å². The standard InChI is InChI=1S/C12H21BrN4/c1-5-10-11(6-2)15-16-12(14-10)17(8-7-13)9(3)4/h9H,5-8H2,1-4H3. The lowest BCUT2D eigenvalue weighted by molar-refractivity contribution is 0.664. The maximum Gasteiger partial charge on any atom is 0.245 e. The van der Waals surface area contributed by atoms with E-state index in [4.69, 9.17) is 0 Å². The van der Waals surface area contributed by atoms with Crippen molar-refractivity contribution in [1.29, 1.82) is 0 Å². The van der Waals surface area contributed by atoms with Crippen LogP contribution in [0.5, 0.6) is 0 Å². The van der Waals surface area contributed by atoms with Gasteiger partial charge in [-0.15, -0.1) is 5.10 Å². The zero-order valence-corrected chi connectivity index (χ0v) is 12.7. The summed E-state index contributed by atoms with van der Waals surface area (Å²) in [6.07, 6.45) is 1.80. The van der Waals surface area contributed by atoms with Gasteiger partial charge in [-0.3, -0.25) is 0 Å². The fourth-order valence-corrected chi connectivity index (χ4v) is 2.11. The number of hydrogen-bond donors (Lipinski definition) is 0. The van der Waals surface area contributed by atoms with Gasteiger partial charge in [-0.25, -0.2) is 4.98 Å². The first-order valence-corrected chi connectivity index (χ1v) is 7.31. The highest BCUT2D eigenvalue weighted by Gasteiger charge is 2.15. The van der Waals surface area contributed by atoms with E-state index in [1.165, 1.54) is 0 Å². The molecule has 0 aliphatic rings. The van der Waals surface area contributed by atoms with Gasteiger partial charge < -0.3 is 4.90 Å². The predicted molar refractivity (Wildman–Crippen MR) is 74.9 cm³/mol. The zero-order valence-electron chi connectivity index (χ0n) is 11.1. The van der Waals surface area contributed by atoms with E-state index >= 15 is 0 Å². The first-order chi connectivity index (χ1) is 8.13. The molecule has 0 aliphatic heterocycles. The maximum atomic E-state index is 4.63. The van der Waals surface area contributed by atoms with E-state index in [1.54, 1.807) is 0 Å². The quantitative estimate of drug-likeness (QED) is 0.757. The monoisotopic (exact) mass is 300 g/mol. The number of hydrogen-bond acceptors (Lipinski definition) is 4. The van der Waals surface area contributed by atoms with Crippen molar-refractivity contribution in [3.63, 3.8) is 0 Å². The van der Waals surface area contributed by atoms with E-state index in [1.807, 2.05) is 0 Å². The van der Waals surface area contributed by atoms with E-state index in [2.05, 4.69) is 63.7 Å². The Kier molecular flexibility index (Phi) is 5.82. The van der Waals surface area contributed by atoms with E-state index < -0.39 is 0 Å². The number of aryl methyl sites for hydroxylation is 2. The Morgan fingerprint density at radius 2 is 1.76 bits per heavy atom. The second-order valence-corrected chi connectivity index (χ2v) is 4.98. The number of halogens is 1. The summed E-state index contributed by atoms with van der Waals surface area (Å²) in [5, 5.41) is 9.43. The minimum atomic E-state index is 0.381. The molecule has 0 saturated heterocycles. The fourth-order valence-electron chi connectivity index (χ4n) is 1.73. The van der Waals surface area contributed by atoms with Crippen molar-refractivity contribution in [1.82, 2.24) is 15.2 Å². The number of nitrogens with zero attached hydrogens (tertiary/aromatic N) is 4. The number of alkyl halides is 1. The van der Waals surface area contributed by atoms with Crippen LogP contribution in [0.3, 0.4) is 0 Å². The van der Waals surface area contributed by atoms with Crippen molar-refractivity contribution in [3.8, 4) is 0 Å². The summed E-state index contributed by atoms with van der Waals surface area (Å²) in [5.74, 6) is 0.744. The average Bonchev–Trinajstić information content (AvgIpc) is 2.34. The van der Waals surface area contributed by atoms with Gasteiger partial charge in [0.1, 0.15) is 0 Å². The van der Waals surface area contributed by atoms with Gasteiger partial charge in [0.15, 0.2) is 0 Å². The molecule has 1 aromatic rings. The van der Waals surface area contributed by atoms with Gasteiger partial charge in [0.2, 0.25) is 5.95 Å². The molecule has 17 heavy (non-hydrogen) atoms. The minimum Gasteiger partial charge on any atom is -0.336 e. The van der Waals surface area contributed by atoms with Crippen molar-refractivity contribution in [2.24, 2.45) is 0 Å². The highest BCUT2D eigenvalue weighted by molar-refractivity contribution is 9.09. The number of aromatic nitrogens is 3. The van der Waals surface area contributed by atoms with Crippen LogP contribution >= 0.6 is 15.9 Å². The van der Waals surface area contributed by atoms with Crippen LogP contribution in [0.1, 0.15) is 39.1 Å². The van der Waals surface area contributed by atoms with Gasteiger partial charge >= 0.3 is 0 Å². The van der Waals surface area contributed by atoms with Crippen molar-refractivity contribution < 1.29 is 0 Å². The molecule has 0 fully saturated rings. The van der Waals surface area contributed by atoms with E-state index in [9.17, 15) is 0 Å². The van der Waals surface area contributed by atoms with Crippen LogP contribution < -0.4 is 4.90 Å². The molecular formula is C12H21BrN4. The predicted octanol–water partition coefficient (Wildman–Crippen LogP) is 2.61. The van der Waals surface area contributed by atoms with Gasteiger partial charge in [0.05, 0.1) is 11.4 Å². The molecule has 0 bridgehead atoms. The molecule has 1 aromatic heterocycles.